The highest BCUT2D eigenvalue weighted by Crippen LogP contribution is 2.30. The van der Waals surface area contributed by atoms with Crippen LogP contribution in [0, 0.1) is 19.3 Å². The molecule has 0 aromatic heterocycles. The third kappa shape index (κ3) is 6.84. The number of nitrogens with zero attached hydrogens (tertiary/aromatic N) is 1. The summed E-state index contributed by atoms with van der Waals surface area (Å²) in [6.45, 7) is 16.3. The average Bonchev–Trinajstić information content (AvgIpc) is 2.73. The summed E-state index contributed by atoms with van der Waals surface area (Å²) in [7, 11) is 0. The smallest absolute Gasteiger partial charge is 0.272 e. The van der Waals surface area contributed by atoms with Crippen molar-refractivity contribution in [1.82, 2.24) is 10.4 Å². The zero-order valence-corrected chi connectivity index (χ0v) is 22.0. The maximum atomic E-state index is 13.8. The first-order valence-electron chi connectivity index (χ1n) is 11.6. The van der Waals surface area contributed by atoms with Crippen molar-refractivity contribution in [3.05, 3.63) is 64.2 Å². The van der Waals surface area contributed by atoms with Crippen molar-refractivity contribution in [3.63, 3.8) is 0 Å². The molecule has 0 saturated carbocycles. The fourth-order valence-electron chi connectivity index (χ4n) is 4.18. The van der Waals surface area contributed by atoms with Gasteiger partial charge < -0.3 is 4.55 Å². The number of benzene rings is 2. The van der Waals surface area contributed by atoms with Crippen molar-refractivity contribution in [2.45, 2.75) is 85.1 Å². The van der Waals surface area contributed by atoms with Crippen LogP contribution in [0.5, 0.6) is 0 Å². The number of hydrogen-bond donors (Lipinski definition) is 2. The van der Waals surface area contributed by atoms with E-state index in [1.807, 2.05) is 52.0 Å². The average molecular weight is 471 g/mol. The van der Waals surface area contributed by atoms with E-state index >= 15 is 0 Å². The van der Waals surface area contributed by atoms with Crippen LogP contribution in [0.15, 0.2) is 41.3 Å². The van der Waals surface area contributed by atoms with E-state index in [-0.39, 0.29) is 29.2 Å². The van der Waals surface area contributed by atoms with Crippen LogP contribution in [-0.2, 0) is 0 Å². The van der Waals surface area contributed by atoms with E-state index in [2.05, 4.69) is 33.1 Å². The van der Waals surface area contributed by atoms with Crippen molar-refractivity contribution in [1.29, 1.82) is 0 Å². The van der Waals surface area contributed by atoms with Crippen molar-refractivity contribution >= 4 is 23.9 Å². The molecule has 33 heavy (non-hydrogen) atoms. The summed E-state index contributed by atoms with van der Waals surface area (Å²) in [5.41, 5.74) is 6.64. The highest BCUT2D eigenvalue weighted by molar-refractivity contribution is 7.93. The van der Waals surface area contributed by atoms with Gasteiger partial charge in [0, 0.05) is 28.1 Å². The van der Waals surface area contributed by atoms with E-state index in [1.54, 1.807) is 17.1 Å². The van der Waals surface area contributed by atoms with Gasteiger partial charge in [-0.15, -0.1) is 0 Å². The molecule has 0 saturated heterocycles. The van der Waals surface area contributed by atoms with Crippen LogP contribution in [0.4, 0.5) is 0 Å². The lowest BCUT2D eigenvalue weighted by Gasteiger charge is -2.40. The first kappa shape index (κ1) is 26.9. The standard InChI is InChI=1S/C27H38N2O3S/c1-9-10-24(27(6,7)8)29(26(31)20-14-18(4)13-19(5)15-20)28-25(30)22-12-11-21(33-32)16-23(22)17(2)3/h11-17,24,32H,9-10H2,1-8H3,(H,28,30)/t24-/m1/s1. The minimum atomic E-state index is -0.323. The number of carbonyl (C=O) groups is 2. The van der Waals surface area contributed by atoms with Gasteiger partial charge >= 0.3 is 0 Å². The second kappa shape index (κ2) is 11.2. The van der Waals surface area contributed by atoms with Crippen molar-refractivity contribution < 1.29 is 14.1 Å². The molecule has 0 aliphatic rings. The molecule has 180 valence electrons. The van der Waals surface area contributed by atoms with Crippen LogP contribution >= 0.6 is 12.0 Å². The van der Waals surface area contributed by atoms with Crippen molar-refractivity contribution in [2.75, 3.05) is 0 Å². The normalized spacial score (nSPS) is 12.5. The first-order chi connectivity index (χ1) is 15.4. The van der Waals surface area contributed by atoms with Gasteiger partial charge in [-0.05, 0) is 67.5 Å². The fraction of sp³-hybridized carbons (Fsp3) is 0.481. The molecular formula is C27H38N2O3S. The molecule has 0 fully saturated rings. The van der Waals surface area contributed by atoms with E-state index in [0.717, 1.165) is 29.5 Å². The van der Waals surface area contributed by atoms with E-state index in [0.29, 0.717) is 28.1 Å². The fourth-order valence-corrected chi connectivity index (χ4v) is 4.49. The van der Waals surface area contributed by atoms with Crippen LogP contribution in [0.2, 0.25) is 0 Å². The Bertz CT molecular complexity index is 975. The Balaban J connectivity index is 2.54. The van der Waals surface area contributed by atoms with Gasteiger partial charge in [-0.2, -0.15) is 0 Å². The molecule has 5 nitrogen and oxygen atoms in total. The minimum Gasteiger partial charge on any atom is -0.325 e. The molecule has 2 rings (SSSR count). The minimum absolute atomic E-state index is 0.0791. The van der Waals surface area contributed by atoms with Crippen LogP contribution in [0.25, 0.3) is 0 Å². The molecule has 6 heteroatoms. The van der Waals surface area contributed by atoms with E-state index in [1.165, 1.54) is 0 Å². The number of hydrogen-bond acceptors (Lipinski definition) is 4. The zero-order valence-electron chi connectivity index (χ0n) is 21.2. The van der Waals surface area contributed by atoms with Gasteiger partial charge in [0.05, 0.1) is 6.04 Å². The monoisotopic (exact) mass is 470 g/mol. The number of hydrazine groups is 1. The van der Waals surface area contributed by atoms with Crippen LogP contribution in [0.3, 0.4) is 0 Å². The van der Waals surface area contributed by atoms with Crippen LogP contribution in [-0.4, -0.2) is 27.4 Å². The van der Waals surface area contributed by atoms with E-state index < -0.39 is 0 Å². The molecule has 2 aromatic rings. The molecule has 2 N–H and O–H groups in total. The van der Waals surface area contributed by atoms with Gasteiger partial charge in [-0.3, -0.25) is 15.0 Å². The maximum Gasteiger partial charge on any atom is 0.272 e. The van der Waals surface area contributed by atoms with Gasteiger partial charge in [0.1, 0.15) is 0 Å². The molecule has 2 aromatic carbocycles. The largest absolute Gasteiger partial charge is 0.325 e. The van der Waals surface area contributed by atoms with E-state index in [9.17, 15) is 14.1 Å². The summed E-state index contributed by atoms with van der Waals surface area (Å²) >= 11 is 0.658. The van der Waals surface area contributed by atoms with Crippen LogP contribution in [0.1, 0.15) is 97.7 Å². The van der Waals surface area contributed by atoms with Crippen molar-refractivity contribution in [2.24, 2.45) is 5.41 Å². The molecule has 1 atom stereocenters. The zero-order chi connectivity index (χ0) is 24.9. The maximum absolute atomic E-state index is 13.8. The van der Waals surface area contributed by atoms with Crippen molar-refractivity contribution in [3.8, 4) is 0 Å². The Labute approximate surface area is 203 Å². The Morgan fingerprint density at radius 1 is 1.06 bits per heavy atom. The summed E-state index contributed by atoms with van der Waals surface area (Å²) in [6.07, 6.45) is 1.64. The van der Waals surface area contributed by atoms with Gasteiger partial charge in [0.15, 0.2) is 0 Å². The summed E-state index contributed by atoms with van der Waals surface area (Å²) < 4.78 is 9.45. The number of amides is 2. The first-order valence-corrected chi connectivity index (χ1v) is 12.3. The number of nitrogens with one attached hydrogen (secondary N) is 1. The molecule has 0 aliphatic heterocycles. The lowest BCUT2D eigenvalue weighted by molar-refractivity contribution is 0.0270. The Kier molecular flexibility index (Phi) is 9.15. The Hall–Kier alpha value is -2.31. The number of rotatable bonds is 7. The predicted molar refractivity (Wildman–Crippen MR) is 137 cm³/mol. The Morgan fingerprint density at radius 2 is 1.67 bits per heavy atom. The quantitative estimate of drug-likeness (QED) is 0.338. The van der Waals surface area contributed by atoms with Gasteiger partial charge in [0.2, 0.25) is 0 Å². The highest BCUT2D eigenvalue weighted by atomic mass is 32.2. The summed E-state index contributed by atoms with van der Waals surface area (Å²) in [5.74, 6) is -0.455. The predicted octanol–water partition coefficient (Wildman–Crippen LogP) is 6.99. The SMILES string of the molecule is CCC[C@@H](N(NC(=O)c1ccc(SO)cc1C(C)C)C(=O)c1cc(C)cc(C)c1)C(C)(C)C. The molecular weight excluding hydrogens is 432 g/mol. The van der Waals surface area contributed by atoms with Gasteiger partial charge in [-0.25, -0.2) is 5.01 Å². The summed E-state index contributed by atoms with van der Waals surface area (Å²) in [4.78, 5) is 28.0. The third-order valence-corrected chi connectivity index (χ3v) is 6.24. The Morgan fingerprint density at radius 3 is 2.15 bits per heavy atom. The van der Waals surface area contributed by atoms with Gasteiger partial charge in [0.25, 0.3) is 11.8 Å². The molecule has 0 bridgehead atoms. The molecule has 0 heterocycles. The topological polar surface area (TPSA) is 69.6 Å². The molecule has 0 unspecified atom stereocenters. The molecule has 0 aliphatic carbocycles. The van der Waals surface area contributed by atoms with Crippen LogP contribution < -0.4 is 5.43 Å². The lowest BCUT2D eigenvalue weighted by atomic mass is 9.83. The second-order valence-corrected chi connectivity index (χ2v) is 10.8. The lowest BCUT2D eigenvalue weighted by Crippen LogP contribution is -2.56. The highest BCUT2D eigenvalue weighted by Gasteiger charge is 2.35. The number of carbonyl (C=O) groups excluding carboxylic acids is 2. The second-order valence-electron chi connectivity index (χ2n) is 10.2. The summed E-state index contributed by atoms with van der Waals surface area (Å²) in [5, 5.41) is 1.54. The van der Waals surface area contributed by atoms with Gasteiger partial charge in [-0.1, -0.05) is 65.2 Å². The van der Waals surface area contributed by atoms with E-state index in [4.69, 9.17) is 0 Å². The summed E-state index contributed by atoms with van der Waals surface area (Å²) in [6, 6.07) is 10.8. The molecule has 0 radical (unpaired) electrons. The third-order valence-electron chi connectivity index (χ3n) is 5.78. The molecule has 0 spiro atoms. The molecule has 2 amide bonds. The number of aryl methyl sites for hydroxylation is 2.